The molecule has 1 aliphatic heterocycles. The minimum absolute atomic E-state index is 0.00420. The van der Waals surface area contributed by atoms with Crippen LogP contribution in [0, 0.1) is 0 Å². The number of hydrogen-bond donors (Lipinski definition) is 2. The number of halogens is 1. The van der Waals surface area contributed by atoms with Gasteiger partial charge in [-0.15, -0.1) is 0 Å². The minimum Gasteiger partial charge on any atom is -0.311 e. The summed E-state index contributed by atoms with van der Waals surface area (Å²) in [6.07, 6.45) is 1.36. The Morgan fingerprint density at radius 3 is 2.84 bits per heavy atom. The van der Waals surface area contributed by atoms with Gasteiger partial charge in [-0.1, -0.05) is 23.7 Å². The second-order valence-corrected chi connectivity index (χ2v) is 5.10. The standard InChI is InChI=1S/C14H14ClN3O/c15-10-3-1-9(2-4-10)7-13-17-12-8-16-6-5-11(12)14(19)18-13/h1-4,16H,5-8H2,(H,17,18,19). The second-order valence-electron chi connectivity index (χ2n) is 4.67. The summed E-state index contributed by atoms with van der Waals surface area (Å²) in [7, 11) is 0. The molecule has 19 heavy (non-hydrogen) atoms. The van der Waals surface area contributed by atoms with Crippen LogP contribution in [0.5, 0.6) is 0 Å². The zero-order chi connectivity index (χ0) is 13.2. The van der Waals surface area contributed by atoms with Gasteiger partial charge in [0.05, 0.1) is 5.69 Å². The average Bonchev–Trinajstić information content (AvgIpc) is 2.42. The Kier molecular flexibility index (Phi) is 3.36. The molecule has 0 fully saturated rings. The van der Waals surface area contributed by atoms with Crippen molar-refractivity contribution in [3.8, 4) is 0 Å². The van der Waals surface area contributed by atoms with Crippen molar-refractivity contribution in [1.29, 1.82) is 0 Å². The molecule has 0 spiro atoms. The molecular weight excluding hydrogens is 262 g/mol. The quantitative estimate of drug-likeness (QED) is 0.876. The van der Waals surface area contributed by atoms with Gasteiger partial charge >= 0.3 is 0 Å². The number of nitrogens with zero attached hydrogens (tertiary/aromatic N) is 1. The van der Waals surface area contributed by atoms with Gasteiger partial charge < -0.3 is 10.3 Å². The van der Waals surface area contributed by atoms with Gasteiger partial charge in [-0.3, -0.25) is 4.79 Å². The van der Waals surface area contributed by atoms with Gasteiger partial charge in [0.1, 0.15) is 5.82 Å². The molecule has 0 amide bonds. The molecule has 0 atom stereocenters. The molecule has 0 saturated heterocycles. The molecule has 1 aliphatic rings. The molecule has 3 rings (SSSR count). The number of aromatic amines is 1. The van der Waals surface area contributed by atoms with E-state index in [1.807, 2.05) is 24.3 Å². The number of hydrogen-bond acceptors (Lipinski definition) is 3. The molecule has 0 radical (unpaired) electrons. The molecule has 0 saturated carbocycles. The zero-order valence-corrected chi connectivity index (χ0v) is 11.1. The third-order valence-electron chi connectivity index (χ3n) is 3.28. The number of benzene rings is 1. The van der Waals surface area contributed by atoms with E-state index in [1.54, 1.807) is 0 Å². The predicted octanol–water partition coefficient (Wildman–Crippen LogP) is 1.66. The molecule has 4 nitrogen and oxygen atoms in total. The van der Waals surface area contributed by atoms with Gasteiger partial charge in [-0.2, -0.15) is 0 Å². The highest BCUT2D eigenvalue weighted by molar-refractivity contribution is 6.30. The normalized spacial score (nSPS) is 14.2. The molecule has 0 unspecified atom stereocenters. The summed E-state index contributed by atoms with van der Waals surface area (Å²) in [5.41, 5.74) is 2.77. The van der Waals surface area contributed by atoms with Crippen LogP contribution < -0.4 is 10.9 Å². The van der Waals surface area contributed by atoms with Crippen LogP contribution in [0.4, 0.5) is 0 Å². The summed E-state index contributed by atoms with van der Waals surface area (Å²) in [4.78, 5) is 19.4. The smallest absolute Gasteiger partial charge is 0.254 e. The number of fused-ring (bicyclic) bond motifs is 1. The highest BCUT2D eigenvalue weighted by atomic mass is 35.5. The first-order chi connectivity index (χ1) is 9.22. The lowest BCUT2D eigenvalue weighted by atomic mass is 10.1. The summed E-state index contributed by atoms with van der Waals surface area (Å²) in [5.74, 6) is 0.703. The number of rotatable bonds is 2. The van der Waals surface area contributed by atoms with Gasteiger partial charge in [0.2, 0.25) is 0 Å². The van der Waals surface area contributed by atoms with Crippen LogP contribution >= 0.6 is 11.6 Å². The molecule has 0 bridgehead atoms. The van der Waals surface area contributed by atoms with Gasteiger partial charge in [0.15, 0.2) is 0 Å². The van der Waals surface area contributed by atoms with Crippen molar-refractivity contribution in [2.45, 2.75) is 19.4 Å². The van der Waals surface area contributed by atoms with Crippen molar-refractivity contribution in [2.24, 2.45) is 0 Å². The summed E-state index contributed by atoms with van der Waals surface area (Å²) < 4.78 is 0. The van der Waals surface area contributed by atoms with E-state index in [0.717, 1.165) is 29.8 Å². The molecule has 0 aliphatic carbocycles. The molecule has 2 aromatic rings. The first-order valence-electron chi connectivity index (χ1n) is 6.28. The van der Waals surface area contributed by atoms with Gasteiger partial charge in [0.25, 0.3) is 5.56 Å². The Labute approximate surface area is 115 Å². The maximum absolute atomic E-state index is 12.0. The van der Waals surface area contributed by atoms with E-state index in [9.17, 15) is 4.79 Å². The van der Waals surface area contributed by atoms with E-state index < -0.39 is 0 Å². The fraction of sp³-hybridized carbons (Fsp3) is 0.286. The molecular formula is C14H14ClN3O. The van der Waals surface area contributed by atoms with E-state index in [0.29, 0.717) is 23.8 Å². The Morgan fingerprint density at radius 1 is 1.26 bits per heavy atom. The SMILES string of the molecule is O=c1[nH]c(Cc2ccc(Cl)cc2)nc2c1CCNC2. The topological polar surface area (TPSA) is 57.8 Å². The van der Waals surface area contributed by atoms with Crippen LogP contribution in [0.2, 0.25) is 5.02 Å². The molecule has 2 heterocycles. The first-order valence-corrected chi connectivity index (χ1v) is 6.66. The first kappa shape index (κ1) is 12.4. The third-order valence-corrected chi connectivity index (χ3v) is 3.53. The summed E-state index contributed by atoms with van der Waals surface area (Å²) >= 11 is 5.85. The lowest BCUT2D eigenvalue weighted by molar-refractivity contribution is 0.613. The van der Waals surface area contributed by atoms with Crippen LogP contribution in [0.15, 0.2) is 29.1 Å². The third kappa shape index (κ3) is 2.69. The molecule has 1 aromatic heterocycles. The van der Waals surface area contributed by atoms with Crippen molar-refractivity contribution in [3.63, 3.8) is 0 Å². The van der Waals surface area contributed by atoms with Crippen molar-refractivity contribution >= 4 is 11.6 Å². The Balaban J connectivity index is 1.91. The fourth-order valence-corrected chi connectivity index (χ4v) is 2.43. The van der Waals surface area contributed by atoms with Crippen LogP contribution in [-0.2, 0) is 19.4 Å². The molecule has 98 valence electrons. The number of aromatic nitrogens is 2. The monoisotopic (exact) mass is 275 g/mol. The molecule has 2 N–H and O–H groups in total. The number of H-pyrrole nitrogens is 1. The van der Waals surface area contributed by atoms with Crippen LogP contribution in [0.3, 0.4) is 0 Å². The van der Waals surface area contributed by atoms with E-state index in [2.05, 4.69) is 15.3 Å². The molecule has 1 aromatic carbocycles. The average molecular weight is 276 g/mol. The highest BCUT2D eigenvalue weighted by Gasteiger charge is 2.15. The summed E-state index contributed by atoms with van der Waals surface area (Å²) in [6, 6.07) is 7.57. The largest absolute Gasteiger partial charge is 0.311 e. The van der Waals surface area contributed by atoms with E-state index in [-0.39, 0.29) is 5.56 Å². The summed E-state index contributed by atoms with van der Waals surface area (Å²) in [5, 5.41) is 3.94. The zero-order valence-electron chi connectivity index (χ0n) is 10.4. The van der Waals surface area contributed by atoms with Crippen LogP contribution in [-0.4, -0.2) is 16.5 Å². The maximum Gasteiger partial charge on any atom is 0.254 e. The van der Waals surface area contributed by atoms with Crippen molar-refractivity contribution in [2.75, 3.05) is 6.54 Å². The number of nitrogens with one attached hydrogen (secondary N) is 2. The maximum atomic E-state index is 12.0. The van der Waals surface area contributed by atoms with E-state index in [1.165, 1.54) is 0 Å². The summed E-state index contributed by atoms with van der Waals surface area (Å²) in [6.45, 7) is 1.52. The predicted molar refractivity (Wildman–Crippen MR) is 74.5 cm³/mol. The molecule has 5 heteroatoms. The van der Waals surface area contributed by atoms with Crippen LogP contribution in [0.1, 0.15) is 22.6 Å². The second kappa shape index (κ2) is 5.15. The van der Waals surface area contributed by atoms with E-state index >= 15 is 0 Å². The van der Waals surface area contributed by atoms with Gasteiger partial charge in [0, 0.05) is 23.6 Å². The Morgan fingerprint density at radius 2 is 2.05 bits per heavy atom. The lowest BCUT2D eigenvalue weighted by Crippen LogP contribution is -2.31. The Hall–Kier alpha value is -1.65. The van der Waals surface area contributed by atoms with E-state index in [4.69, 9.17) is 11.6 Å². The van der Waals surface area contributed by atoms with Gasteiger partial charge in [-0.05, 0) is 30.7 Å². The minimum atomic E-state index is -0.00420. The Bertz CT molecular complexity index is 649. The lowest BCUT2D eigenvalue weighted by Gasteiger charge is -2.15. The van der Waals surface area contributed by atoms with Crippen molar-refractivity contribution in [3.05, 3.63) is 62.3 Å². The fourth-order valence-electron chi connectivity index (χ4n) is 2.30. The van der Waals surface area contributed by atoms with Crippen molar-refractivity contribution < 1.29 is 0 Å². The van der Waals surface area contributed by atoms with Gasteiger partial charge in [-0.25, -0.2) is 4.98 Å². The highest BCUT2D eigenvalue weighted by Crippen LogP contribution is 2.13. The van der Waals surface area contributed by atoms with Crippen LogP contribution in [0.25, 0.3) is 0 Å². The van der Waals surface area contributed by atoms with Crippen molar-refractivity contribution in [1.82, 2.24) is 15.3 Å².